The Morgan fingerprint density at radius 3 is 2.05 bits per heavy atom. The van der Waals surface area contributed by atoms with Crippen molar-refractivity contribution in [3.8, 4) is 5.75 Å². The molecule has 2 rings (SSSR count). The number of rotatable bonds is 15. The van der Waals surface area contributed by atoms with Gasteiger partial charge in [0.05, 0.1) is 26.4 Å². The Labute approximate surface area is 231 Å². The molecule has 0 radical (unpaired) electrons. The van der Waals surface area contributed by atoms with Crippen LogP contribution in [0.4, 0.5) is 0 Å². The van der Waals surface area contributed by atoms with Crippen molar-refractivity contribution in [3.63, 3.8) is 0 Å². The van der Waals surface area contributed by atoms with Gasteiger partial charge in [-0.3, -0.25) is 4.79 Å². The summed E-state index contributed by atoms with van der Waals surface area (Å²) in [4.78, 5) is 24.8. The Kier molecular flexibility index (Phi) is 13.5. The zero-order valence-electron chi connectivity index (χ0n) is 24.5. The molecule has 8 atom stereocenters. The first-order chi connectivity index (χ1) is 18.6. The molecule has 0 unspecified atom stereocenters. The Balaban J connectivity index is 2.52. The Bertz CT molecular complexity index is 931. The largest absolute Gasteiger partial charge is 0.497 e. The number of methoxy groups -OCH3 is 4. The first-order valence-corrected chi connectivity index (χ1v) is 13.0. The second kappa shape index (κ2) is 16.1. The van der Waals surface area contributed by atoms with Gasteiger partial charge in [0.25, 0.3) is 0 Å². The smallest absolute Gasteiger partial charge is 0.337 e. The van der Waals surface area contributed by atoms with Crippen LogP contribution in [-0.4, -0.2) is 78.2 Å². The van der Waals surface area contributed by atoms with Crippen LogP contribution in [0.15, 0.2) is 35.9 Å². The number of ketones is 1. The summed E-state index contributed by atoms with van der Waals surface area (Å²) < 4.78 is 45.4. The molecule has 1 aliphatic rings. The number of ether oxygens (including phenoxy) is 8. The lowest BCUT2D eigenvalue weighted by molar-refractivity contribution is -0.307. The van der Waals surface area contributed by atoms with E-state index in [1.807, 2.05) is 58.0 Å². The van der Waals surface area contributed by atoms with E-state index in [0.717, 1.165) is 11.1 Å². The predicted molar refractivity (Wildman–Crippen MR) is 143 cm³/mol. The summed E-state index contributed by atoms with van der Waals surface area (Å²) in [5.74, 6) is -0.678. The molecule has 10 heteroatoms. The summed E-state index contributed by atoms with van der Waals surface area (Å²) in [6.07, 6.45) is -1.59. The van der Waals surface area contributed by atoms with E-state index >= 15 is 0 Å². The first kappa shape index (κ1) is 32.9. The van der Waals surface area contributed by atoms with E-state index in [1.165, 1.54) is 14.2 Å². The summed E-state index contributed by atoms with van der Waals surface area (Å²) in [5.41, 5.74) is 1.62. The molecule has 0 N–H and O–H groups in total. The average Bonchev–Trinajstić information content (AvgIpc) is 2.93. The van der Waals surface area contributed by atoms with Crippen LogP contribution >= 0.6 is 0 Å². The number of esters is 1. The van der Waals surface area contributed by atoms with Crippen LogP contribution in [0.1, 0.15) is 46.5 Å². The van der Waals surface area contributed by atoms with Gasteiger partial charge in [-0.25, -0.2) is 4.79 Å². The SMILES string of the molecule is COCO[C@@H](C(=O)OC)[C@H]1O[C@@H](c2ccc(OC)cc2)O[C@@H]([C@H](C)[C@@H](OCOC)/C(C)=C/[C@H](C)C(C)=O)[C@H]1C. The van der Waals surface area contributed by atoms with Crippen LogP contribution in [0.3, 0.4) is 0 Å². The molecule has 0 amide bonds. The maximum atomic E-state index is 12.8. The highest BCUT2D eigenvalue weighted by atomic mass is 16.7. The molecule has 1 heterocycles. The normalized spacial score (nSPS) is 24.9. The van der Waals surface area contributed by atoms with Crippen LogP contribution < -0.4 is 4.74 Å². The Morgan fingerprint density at radius 1 is 0.923 bits per heavy atom. The van der Waals surface area contributed by atoms with Crippen molar-refractivity contribution in [3.05, 3.63) is 41.5 Å². The third-order valence-electron chi connectivity index (χ3n) is 7.05. The molecular formula is C29H44O10. The van der Waals surface area contributed by atoms with Crippen LogP contribution in [0, 0.1) is 17.8 Å². The first-order valence-electron chi connectivity index (χ1n) is 13.0. The van der Waals surface area contributed by atoms with E-state index in [4.69, 9.17) is 37.9 Å². The topological polar surface area (TPSA) is 108 Å². The lowest BCUT2D eigenvalue weighted by Gasteiger charge is -2.46. The molecule has 220 valence electrons. The third-order valence-corrected chi connectivity index (χ3v) is 7.05. The van der Waals surface area contributed by atoms with Gasteiger partial charge in [0.1, 0.15) is 31.2 Å². The van der Waals surface area contributed by atoms with Crippen molar-refractivity contribution in [1.29, 1.82) is 0 Å². The van der Waals surface area contributed by atoms with E-state index in [-0.39, 0.29) is 37.1 Å². The van der Waals surface area contributed by atoms with Gasteiger partial charge in [0.2, 0.25) is 0 Å². The van der Waals surface area contributed by atoms with Crippen molar-refractivity contribution in [2.75, 3.05) is 42.0 Å². The van der Waals surface area contributed by atoms with Gasteiger partial charge in [-0.15, -0.1) is 0 Å². The fraction of sp³-hybridized carbons (Fsp3) is 0.655. The highest BCUT2D eigenvalue weighted by Gasteiger charge is 2.48. The van der Waals surface area contributed by atoms with Crippen molar-refractivity contribution in [1.82, 2.24) is 0 Å². The fourth-order valence-electron chi connectivity index (χ4n) is 4.79. The molecule has 39 heavy (non-hydrogen) atoms. The lowest BCUT2D eigenvalue weighted by atomic mass is 9.81. The zero-order valence-corrected chi connectivity index (χ0v) is 24.5. The van der Waals surface area contributed by atoms with Gasteiger partial charge in [-0.1, -0.05) is 39.0 Å². The number of Topliss-reactive ketones (excluding diaryl/α,β-unsaturated/α-hetero) is 1. The molecular weight excluding hydrogens is 508 g/mol. The van der Waals surface area contributed by atoms with E-state index < -0.39 is 36.7 Å². The van der Waals surface area contributed by atoms with Gasteiger partial charge in [-0.2, -0.15) is 0 Å². The molecule has 0 aromatic heterocycles. The number of carbonyl (C=O) groups excluding carboxylic acids is 2. The maximum Gasteiger partial charge on any atom is 0.337 e. The molecule has 0 aliphatic carbocycles. The Morgan fingerprint density at radius 2 is 1.51 bits per heavy atom. The van der Waals surface area contributed by atoms with Gasteiger partial charge >= 0.3 is 5.97 Å². The number of hydrogen-bond acceptors (Lipinski definition) is 10. The van der Waals surface area contributed by atoms with Gasteiger partial charge in [-0.05, 0) is 31.6 Å². The number of allylic oxidation sites excluding steroid dienone is 1. The molecule has 1 saturated heterocycles. The van der Waals surface area contributed by atoms with Crippen LogP contribution in [0.5, 0.6) is 5.75 Å². The summed E-state index contributed by atoms with van der Waals surface area (Å²) in [6, 6.07) is 7.32. The second-order valence-corrected chi connectivity index (χ2v) is 9.85. The number of hydrogen-bond donors (Lipinski definition) is 0. The van der Waals surface area contributed by atoms with Crippen LogP contribution in [-0.2, 0) is 42.7 Å². The molecule has 0 spiro atoms. The standard InChI is InChI=1S/C29H44O10/c1-17(21(5)30)14-18(2)24(36-15-32-6)19(3)25-20(4)26(27(28(31)35-9)37-16-33-7)39-29(38-25)22-10-12-23(34-8)13-11-22/h10-14,17,19-20,24-27,29H,15-16H2,1-9H3/b18-14+/t17-,19+,20+,24-,25-,26-,27+,29-/m0/s1. The van der Waals surface area contributed by atoms with E-state index in [9.17, 15) is 9.59 Å². The number of carbonyl (C=O) groups is 2. The van der Waals surface area contributed by atoms with Gasteiger partial charge in [0, 0.05) is 37.5 Å². The van der Waals surface area contributed by atoms with Crippen molar-refractivity contribution < 1.29 is 47.5 Å². The van der Waals surface area contributed by atoms with Crippen LogP contribution in [0.2, 0.25) is 0 Å². The number of benzene rings is 1. The second-order valence-electron chi connectivity index (χ2n) is 9.85. The minimum atomic E-state index is -1.06. The molecule has 0 bridgehead atoms. The van der Waals surface area contributed by atoms with E-state index in [2.05, 4.69) is 0 Å². The zero-order chi connectivity index (χ0) is 29.1. The lowest BCUT2D eigenvalue weighted by Crippen LogP contribution is -2.54. The molecule has 1 aromatic rings. The van der Waals surface area contributed by atoms with Crippen molar-refractivity contribution in [2.45, 2.75) is 65.3 Å². The minimum absolute atomic E-state index is 0.0547. The maximum absolute atomic E-state index is 12.8. The van der Waals surface area contributed by atoms with Crippen molar-refractivity contribution >= 4 is 11.8 Å². The van der Waals surface area contributed by atoms with Crippen LogP contribution in [0.25, 0.3) is 0 Å². The Hall–Kier alpha value is -2.34. The third kappa shape index (κ3) is 8.83. The van der Waals surface area contributed by atoms with Crippen molar-refractivity contribution in [2.24, 2.45) is 17.8 Å². The quantitative estimate of drug-likeness (QED) is 0.179. The van der Waals surface area contributed by atoms with E-state index in [1.54, 1.807) is 21.1 Å². The average molecular weight is 553 g/mol. The summed E-state index contributed by atoms with van der Waals surface area (Å²) in [5, 5.41) is 0. The minimum Gasteiger partial charge on any atom is -0.497 e. The summed E-state index contributed by atoms with van der Waals surface area (Å²) in [6.45, 7) is 9.22. The molecule has 0 saturated carbocycles. The molecule has 1 aromatic carbocycles. The predicted octanol–water partition coefficient (Wildman–Crippen LogP) is 4.07. The highest BCUT2D eigenvalue weighted by molar-refractivity contribution is 5.79. The summed E-state index contributed by atoms with van der Waals surface area (Å²) >= 11 is 0. The molecule has 1 aliphatic heterocycles. The summed E-state index contributed by atoms with van der Waals surface area (Å²) in [7, 11) is 5.92. The van der Waals surface area contributed by atoms with Gasteiger partial charge in [0.15, 0.2) is 12.4 Å². The van der Waals surface area contributed by atoms with E-state index in [0.29, 0.717) is 5.75 Å². The van der Waals surface area contributed by atoms with Gasteiger partial charge < -0.3 is 37.9 Å². The molecule has 1 fully saturated rings. The fourth-order valence-corrected chi connectivity index (χ4v) is 4.79. The monoisotopic (exact) mass is 552 g/mol. The molecule has 10 nitrogen and oxygen atoms in total. The highest BCUT2D eigenvalue weighted by Crippen LogP contribution is 2.41.